The Morgan fingerprint density at radius 1 is 1.44 bits per heavy atom. The zero-order chi connectivity index (χ0) is 13.3. The maximum absolute atomic E-state index is 11.2. The number of hydrogen-bond acceptors (Lipinski definition) is 5. The number of carbonyl (C=O) groups excluding carboxylic acids is 2. The van der Waals surface area contributed by atoms with Gasteiger partial charge < -0.3 is 19.5 Å². The molecular weight excluding hydrogens is 236 g/mol. The molecule has 0 aromatic heterocycles. The summed E-state index contributed by atoms with van der Waals surface area (Å²) < 4.78 is 4.54. The Labute approximate surface area is 103 Å². The summed E-state index contributed by atoms with van der Waals surface area (Å²) in [6.45, 7) is 0.0867. The zero-order valence-corrected chi connectivity index (χ0v) is 9.54. The van der Waals surface area contributed by atoms with E-state index in [-0.39, 0.29) is 6.54 Å². The highest BCUT2D eigenvalue weighted by Crippen LogP contribution is 2.41. The third kappa shape index (κ3) is 1.66. The van der Waals surface area contributed by atoms with Crippen molar-refractivity contribution >= 4 is 12.1 Å². The second-order valence-electron chi connectivity index (χ2n) is 3.89. The first-order valence-electron chi connectivity index (χ1n) is 5.14. The first-order valence-corrected chi connectivity index (χ1v) is 5.14. The number of methoxy groups -OCH3 is 1. The molecule has 0 saturated carbocycles. The van der Waals surface area contributed by atoms with Crippen LogP contribution in [0.3, 0.4) is 0 Å². The Kier molecular flexibility index (Phi) is 2.67. The Balaban J connectivity index is 2.28. The van der Waals surface area contributed by atoms with Crippen LogP contribution in [0.2, 0.25) is 0 Å². The molecule has 1 fully saturated rings. The highest BCUT2D eigenvalue weighted by atomic mass is 16.5. The molecule has 18 heavy (non-hydrogen) atoms. The molecule has 0 N–H and O–H groups in total. The average molecular weight is 245 g/mol. The SMILES string of the molecule is COC(=O)c1ccc(C2(C#N)CN2C(=O)[O-])cc1. The summed E-state index contributed by atoms with van der Waals surface area (Å²) in [7, 11) is 1.27. The van der Waals surface area contributed by atoms with Crippen molar-refractivity contribution in [3.8, 4) is 6.07 Å². The minimum atomic E-state index is -1.38. The molecule has 0 bridgehead atoms. The van der Waals surface area contributed by atoms with E-state index < -0.39 is 17.6 Å². The lowest BCUT2D eigenvalue weighted by molar-refractivity contribution is -0.259. The van der Waals surface area contributed by atoms with Gasteiger partial charge in [-0.15, -0.1) is 0 Å². The molecule has 1 unspecified atom stereocenters. The van der Waals surface area contributed by atoms with E-state index in [1.807, 2.05) is 6.07 Å². The van der Waals surface area contributed by atoms with Crippen LogP contribution in [0.1, 0.15) is 15.9 Å². The minimum absolute atomic E-state index is 0.0867. The van der Waals surface area contributed by atoms with E-state index in [4.69, 9.17) is 5.26 Å². The first kappa shape index (κ1) is 11.9. The lowest BCUT2D eigenvalue weighted by Crippen LogP contribution is -2.32. The number of benzene rings is 1. The monoisotopic (exact) mass is 245 g/mol. The van der Waals surface area contributed by atoms with Crippen molar-refractivity contribution in [1.82, 2.24) is 4.90 Å². The molecule has 92 valence electrons. The van der Waals surface area contributed by atoms with E-state index in [0.717, 1.165) is 4.90 Å². The van der Waals surface area contributed by atoms with Gasteiger partial charge in [-0.25, -0.2) is 4.79 Å². The third-order valence-corrected chi connectivity index (χ3v) is 2.93. The summed E-state index contributed by atoms with van der Waals surface area (Å²) in [5.41, 5.74) is -0.315. The molecule has 1 saturated heterocycles. The number of ether oxygens (including phenoxy) is 1. The quantitative estimate of drug-likeness (QED) is 0.533. The van der Waals surface area contributed by atoms with E-state index in [0.29, 0.717) is 11.1 Å². The number of nitriles is 1. The van der Waals surface area contributed by atoms with Crippen molar-refractivity contribution < 1.29 is 19.4 Å². The number of hydrogen-bond donors (Lipinski definition) is 0. The van der Waals surface area contributed by atoms with Gasteiger partial charge in [0.15, 0.2) is 5.54 Å². The van der Waals surface area contributed by atoms with Crippen molar-refractivity contribution in [2.45, 2.75) is 5.54 Å². The fourth-order valence-electron chi connectivity index (χ4n) is 1.82. The summed E-state index contributed by atoms with van der Waals surface area (Å²) in [5.74, 6) is -0.486. The van der Waals surface area contributed by atoms with Crippen LogP contribution in [0, 0.1) is 11.3 Å². The molecule has 1 heterocycles. The summed E-state index contributed by atoms with van der Waals surface area (Å²) in [6.07, 6.45) is -1.38. The number of carboxylic acid groups (broad SMARTS) is 1. The smallest absolute Gasteiger partial charge is 0.337 e. The van der Waals surface area contributed by atoms with E-state index in [2.05, 4.69) is 4.74 Å². The molecule has 1 aromatic rings. The largest absolute Gasteiger partial charge is 0.530 e. The summed E-state index contributed by atoms with van der Waals surface area (Å²) in [5, 5.41) is 19.8. The van der Waals surface area contributed by atoms with Crippen molar-refractivity contribution in [3.63, 3.8) is 0 Å². The van der Waals surface area contributed by atoms with Crippen LogP contribution in [-0.2, 0) is 10.3 Å². The van der Waals surface area contributed by atoms with E-state index in [9.17, 15) is 14.7 Å². The van der Waals surface area contributed by atoms with Gasteiger partial charge in [-0.2, -0.15) is 5.26 Å². The molecule has 6 heteroatoms. The van der Waals surface area contributed by atoms with Gasteiger partial charge >= 0.3 is 5.97 Å². The van der Waals surface area contributed by atoms with Gasteiger partial charge in [-0.05, 0) is 17.7 Å². The first-order chi connectivity index (χ1) is 8.55. The Morgan fingerprint density at radius 3 is 2.44 bits per heavy atom. The minimum Gasteiger partial charge on any atom is -0.530 e. The molecule has 2 rings (SSSR count). The van der Waals surface area contributed by atoms with Crippen LogP contribution in [0.4, 0.5) is 4.79 Å². The summed E-state index contributed by atoms with van der Waals surface area (Å²) >= 11 is 0. The Hall–Kier alpha value is -2.55. The van der Waals surface area contributed by atoms with Gasteiger partial charge in [0.25, 0.3) is 0 Å². The number of amides is 1. The van der Waals surface area contributed by atoms with Crippen molar-refractivity contribution in [2.75, 3.05) is 13.7 Å². The van der Waals surface area contributed by atoms with Gasteiger partial charge in [0.05, 0.1) is 25.3 Å². The lowest BCUT2D eigenvalue weighted by atomic mass is 9.99. The predicted octanol–water partition coefficient (Wildman–Crippen LogP) is -0.149. The average Bonchev–Trinajstić information content (AvgIpc) is 3.14. The van der Waals surface area contributed by atoms with Crippen molar-refractivity contribution in [1.29, 1.82) is 5.26 Å². The van der Waals surface area contributed by atoms with Gasteiger partial charge in [0.2, 0.25) is 0 Å². The Bertz CT molecular complexity index is 546. The number of esters is 1. The summed E-state index contributed by atoms with van der Waals surface area (Å²) in [4.78, 5) is 22.9. The van der Waals surface area contributed by atoms with Gasteiger partial charge in [-0.3, -0.25) is 0 Å². The van der Waals surface area contributed by atoms with Crippen molar-refractivity contribution in [3.05, 3.63) is 35.4 Å². The predicted molar refractivity (Wildman–Crippen MR) is 57.2 cm³/mol. The maximum atomic E-state index is 11.2. The van der Waals surface area contributed by atoms with E-state index in [1.165, 1.54) is 19.2 Å². The molecule has 1 aliphatic heterocycles. The molecule has 6 nitrogen and oxygen atoms in total. The van der Waals surface area contributed by atoms with Crippen LogP contribution in [-0.4, -0.2) is 30.6 Å². The van der Waals surface area contributed by atoms with Crippen LogP contribution in [0.25, 0.3) is 0 Å². The molecule has 0 spiro atoms. The molecule has 1 amide bonds. The number of nitrogens with zero attached hydrogens (tertiary/aromatic N) is 2. The normalized spacial score (nSPS) is 21.0. The molecule has 0 radical (unpaired) electrons. The van der Waals surface area contributed by atoms with Gasteiger partial charge in [0.1, 0.15) is 6.09 Å². The number of carbonyl (C=O) groups is 2. The van der Waals surface area contributed by atoms with Crippen LogP contribution in [0.15, 0.2) is 24.3 Å². The van der Waals surface area contributed by atoms with Crippen molar-refractivity contribution in [2.24, 2.45) is 0 Å². The van der Waals surface area contributed by atoms with Crippen LogP contribution in [0.5, 0.6) is 0 Å². The lowest BCUT2D eigenvalue weighted by Gasteiger charge is -2.12. The standard InChI is InChI=1S/C12H10N2O4/c1-18-10(15)8-2-4-9(5-3-8)12(6-13)7-14(12)11(16)17/h2-5H,7H2,1H3,(H,16,17)/p-1. The van der Waals surface area contributed by atoms with Gasteiger partial charge in [0, 0.05) is 0 Å². The molecule has 0 aliphatic carbocycles. The molecule has 1 aromatic carbocycles. The van der Waals surface area contributed by atoms with Crippen LogP contribution >= 0.6 is 0 Å². The highest BCUT2D eigenvalue weighted by Gasteiger charge is 2.54. The Morgan fingerprint density at radius 2 is 2.06 bits per heavy atom. The zero-order valence-electron chi connectivity index (χ0n) is 9.54. The van der Waals surface area contributed by atoms with Crippen LogP contribution < -0.4 is 5.11 Å². The second-order valence-corrected chi connectivity index (χ2v) is 3.89. The summed E-state index contributed by atoms with van der Waals surface area (Å²) in [6, 6.07) is 8.02. The molecule has 1 atom stereocenters. The fourth-order valence-corrected chi connectivity index (χ4v) is 1.82. The second kappa shape index (κ2) is 4.04. The number of rotatable bonds is 2. The van der Waals surface area contributed by atoms with Gasteiger partial charge in [-0.1, -0.05) is 12.1 Å². The topological polar surface area (TPSA) is 93.2 Å². The maximum Gasteiger partial charge on any atom is 0.337 e. The molecular formula is C12H9N2O4-. The van der Waals surface area contributed by atoms with E-state index >= 15 is 0 Å². The highest BCUT2D eigenvalue weighted by molar-refractivity contribution is 5.89. The molecule has 1 aliphatic rings. The third-order valence-electron chi connectivity index (χ3n) is 2.93. The van der Waals surface area contributed by atoms with E-state index in [1.54, 1.807) is 12.1 Å². The fraction of sp³-hybridized carbons (Fsp3) is 0.250.